The quantitative estimate of drug-likeness (QED) is 0.576. The number of aliphatic hydroxyl groups is 1. The third-order valence-electron chi connectivity index (χ3n) is 2.06. The van der Waals surface area contributed by atoms with Crippen molar-refractivity contribution in [2.45, 2.75) is 0 Å². The van der Waals surface area contributed by atoms with E-state index in [1.165, 1.54) is 24.3 Å². The van der Waals surface area contributed by atoms with E-state index in [4.69, 9.17) is 5.11 Å². The van der Waals surface area contributed by atoms with Gasteiger partial charge in [-0.15, -0.1) is 0 Å². The van der Waals surface area contributed by atoms with E-state index in [9.17, 15) is 14.7 Å². The molecule has 0 bridgehead atoms. The van der Waals surface area contributed by atoms with Crippen LogP contribution in [0.25, 0.3) is 5.57 Å². The fourth-order valence-corrected chi connectivity index (χ4v) is 1.34. The van der Waals surface area contributed by atoms with Gasteiger partial charge in [-0.25, -0.2) is 0 Å². The summed E-state index contributed by atoms with van der Waals surface area (Å²) < 4.78 is 0. The van der Waals surface area contributed by atoms with Crippen LogP contribution in [0.1, 0.15) is 5.56 Å². The molecule has 0 aliphatic carbocycles. The molecule has 0 aromatic heterocycles. The first-order valence-electron chi connectivity index (χ1n) is 4.18. The number of hydrogen-bond donors (Lipinski definition) is 3. The number of benzene rings is 1. The molecule has 15 heavy (non-hydrogen) atoms. The van der Waals surface area contributed by atoms with Gasteiger partial charge < -0.3 is 10.2 Å². The highest BCUT2D eigenvalue weighted by molar-refractivity contribution is 6.35. The van der Waals surface area contributed by atoms with Gasteiger partial charge in [0.05, 0.1) is 5.57 Å². The van der Waals surface area contributed by atoms with E-state index in [-0.39, 0.29) is 11.3 Å². The zero-order chi connectivity index (χ0) is 11.0. The monoisotopic (exact) mass is 205 g/mol. The van der Waals surface area contributed by atoms with Crippen molar-refractivity contribution in [2.24, 2.45) is 0 Å². The van der Waals surface area contributed by atoms with Crippen LogP contribution in [0.15, 0.2) is 30.0 Å². The molecule has 0 unspecified atom stereocenters. The molecule has 2 amide bonds. The van der Waals surface area contributed by atoms with Gasteiger partial charge in [0, 0.05) is 0 Å². The third-order valence-corrected chi connectivity index (χ3v) is 2.06. The lowest BCUT2D eigenvalue weighted by Gasteiger charge is -1.99. The summed E-state index contributed by atoms with van der Waals surface area (Å²) >= 11 is 0. The molecule has 1 aliphatic heterocycles. The topological polar surface area (TPSA) is 86.6 Å². The highest BCUT2D eigenvalue weighted by Gasteiger charge is 2.30. The first-order valence-corrected chi connectivity index (χ1v) is 4.18. The summed E-state index contributed by atoms with van der Waals surface area (Å²) in [5, 5.41) is 20.3. The Hall–Kier alpha value is -2.30. The van der Waals surface area contributed by atoms with Gasteiger partial charge in [-0.3, -0.25) is 14.9 Å². The summed E-state index contributed by atoms with van der Waals surface area (Å²) in [7, 11) is 0. The minimum atomic E-state index is -0.803. The molecule has 1 aromatic carbocycles. The Balaban J connectivity index is 2.51. The van der Waals surface area contributed by atoms with Crippen molar-refractivity contribution in [3.05, 3.63) is 35.6 Å². The summed E-state index contributed by atoms with van der Waals surface area (Å²) in [6.45, 7) is 0. The summed E-state index contributed by atoms with van der Waals surface area (Å²) in [4.78, 5) is 22.2. The van der Waals surface area contributed by atoms with E-state index in [0.717, 1.165) is 0 Å². The SMILES string of the molecule is O=C1NC(=O)C(c2ccc(O)cc2)=C1O. The smallest absolute Gasteiger partial charge is 0.293 e. The lowest BCUT2D eigenvalue weighted by atomic mass is 10.1. The second-order valence-corrected chi connectivity index (χ2v) is 3.05. The van der Waals surface area contributed by atoms with Crippen molar-refractivity contribution in [1.82, 2.24) is 5.32 Å². The summed E-state index contributed by atoms with van der Waals surface area (Å²) in [5.74, 6) is -1.99. The molecule has 76 valence electrons. The highest BCUT2D eigenvalue weighted by atomic mass is 16.3. The maximum atomic E-state index is 11.3. The number of carbonyl (C=O) groups excluding carboxylic acids is 2. The number of hydrogen-bond acceptors (Lipinski definition) is 4. The summed E-state index contributed by atoms with van der Waals surface area (Å²) in [6, 6.07) is 5.62. The number of amides is 2. The lowest BCUT2D eigenvalue weighted by Crippen LogP contribution is -2.22. The fraction of sp³-hybridized carbons (Fsp3) is 0. The van der Waals surface area contributed by atoms with Crippen molar-refractivity contribution < 1.29 is 19.8 Å². The fourth-order valence-electron chi connectivity index (χ4n) is 1.34. The molecule has 0 radical (unpaired) electrons. The molecule has 0 saturated carbocycles. The second-order valence-electron chi connectivity index (χ2n) is 3.05. The molecule has 5 heteroatoms. The van der Waals surface area contributed by atoms with Gasteiger partial charge in [0.2, 0.25) is 0 Å². The lowest BCUT2D eigenvalue weighted by molar-refractivity contribution is -0.124. The summed E-state index contributed by atoms with van der Waals surface area (Å²) in [6.07, 6.45) is 0. The van der Waals surface area contributed by atoms with E-state index < -0.39 is 17.6 Å². The standard InChI is InChI=1S/C10H7NO4/c12-6-3-1-5(2-4-6)7-8(13)10(15)11-9(7)14/h1-4,12H,(H2,11,13,14,15). The highest BCUT2D eigenvalue weighted by Crippen LogP contribution is 2.23. The van der Waals surface area contributed by atoms with Crippen LogP contribution < -0.4 is 5.32 Å². The molecule has 3 N–H and O–H groups in total. The first-order chi connectivity index (χ1) is 7.09. The number of rotatable bonds is 1. The van der Waals surface area contributed by atoms with Crippen LogP contribution in [-0.2, 0) is 9.59 Å². The number of carbonyl (C=O) groups is 2. The summed E-state index contributed by atoms with van der Waals surface area (Å²) in [5.41, 5.74) is 0.314. The van der Waals surface area contributed by atoms with Gasteiger partial charge >= 0.3 is 0 Å². The number of nitrogens with one attached hydrogen (secondary N) is 1. The van der Waals surface area contributed by atoms with Crippen LogP contribution in [0.4, 0.5) is 0 Å². The Morgan fingerprint density at radius 3 is 2.00 bits per heavy atom. The first kappa shape index (κ1) is 9.26. The van der Waals surface area contributed by atoms with Crippen molar-refractivity contribution in [3.63, 3.8) is 0 Å². The Labute approximate surface area is 84.7 Å². The minimum Gasteiger partial charge on any atom is -0.508 e. The van der Waals surface area contributed by atoms with Crippen LogP contribution in [-0.4, -0.2) is 22.0 Å². The van der Waals surface area contributed by atoms with Crippen LogP contribution in [0.2, 0.25) is 0 Å². The molecular weight excluding hydrogens is 198 g/mol. The van der Waals surface area contributed by atoms with E-state index in [1.54, 1.807) is 0 Å². The molecule has 0 fully saturated rings. The number of imide groups is 1. The Morgan fingerprint density at radius 2 is 1.53 bits per heavy atom. The molecule has 0 atom stereocenters. The van der Waals surface area contributed by atoms with E-state index >= 15 is 0 Å². The molecule has 0 saturated heterocycles. The number of aliphatic hydroxyl groups excluding tert-OH is 1. The number of phenolic OH excluding ortho intramolecular Hbond substituents is 1. The third kappa shape index (κ3) is 1.43. The Kier molecular flexibility index (Phi) is 1.93. The van der Waals surface area contributed by atoms with Crippen molar-refractivity contribution in [2.75, 3.05) is 0 Å². The molecule has 1 aromatic rings. The van der Waals surface area contributed by atoms with Gasteiger partial charge in [-0.05, 0) is 17.7 Å². The minimum absolute atomic E-state index is 0.0450. The normalized spacial score (nSPS) is 15.7. The van der Waals surface area contributed by atoms with Crippen LogP contribution in [0.3, 0.4) is 0 Å². The van der Waals surface area contributed by atoms with Crippen molar-refractivity contribution in [3.8, 4) is 5.75 Å². The van der Waals surface area contributed by atoms with Crippen molar-refractivity contribution in [1.29, 1.82) is 0 Å². The molecule has 1 aliphatic rings. The van der Waals surface area contributed by atoms with Crippen LogP contribution >= 0.6 is 0 Å². The molecule has 1 heterocycles. The van der Waals surface area contributed by atoms with Gasteiger partial charge in [-0.2, -0.15) is 0 Å². The van der Waals surface area contributed by atoms with Crippen LogP contribution in [0, 0.1) is 0 Å². The van der Waals surface area contributed by atoms with Crippen LogP contribution in [0.5, 0.6) is 5.75 Å². The van der Waals surface area contributed by atoms with Gasteiger partial charge in [0.1, 0.15) is 5.75 Å². The zero-order valence-electron chi connectivity index (χ0n) is 7.52. The van der Waals surface area contributed by atoms with Gasteiger partial charge in [0.25, 0.3) is 11.8 Å². The maximum absolute atomic E-state index is 11.3. The molecule has 0 spiro atoms. The van der Waals surface area contributed by atoms with Gasteiger partial charge in [-0.1, -0.05) is 12.1 Å². The second kappa shape index (κ2) is 3.13. The van der Waals surface area contributed by atoms with E-state index in [2.05, 4.69) is 0 Å². The average molecular weight is 205 g/mol. The van der Waals surface area contributed by atoms with Gasteiger partial charge in [0.15, 0.2) is 5.76 Å². The Bertz CT molecular complexity index is 473. The number of phenols is 1. The molecule has 5 nitrogen and oxygen atoms in total. The van der Waals surface area contributed by atoms with E-state index in [1.807, 2.05) is 5.32 Å². The maximum Gasteiger partial charge on any atom is 0.293 e. The van der Waals surface area contributed by atoms with Crippen molar-refractivity contribution >= 4 is 17.4 Å². The largest absolute Gasteiger partial charge is 0.508 e. The predicted octanol–water partition coefficient (Wildman–Crippen LogP) is 0.318. The molecular formula is C10H7NO4. The average Bonchev–Trinajstić information content (AvgIpc) is 2.44. The molecule has 2 rings (SSSR count). The Morgan fingerprint density at radius 1 is 0.933 bits per heavy atom. The van der Waals surface area contributed by atoms with E-state index in [0.29, 0.717) is 5.56 Å². The predicted molar refractivity (Wildman–Crippen MR) is 50.8 cm³/mol. The zero-order valence-corrected chi connectivity index (χ0v) is 7.52. The number of aromatic hydroxyl groups is 1.